The van der Waals surface area contributed by atoms with Gasteiger partial charge in [0.2, 0.25) is 0 Å². The monoisotopic (exact) mass is 212 g/mol. The van der Waals surface area contributed by atoms with Gasteiger partial charge in [-0.3, -0.25) is 0 Å². The van der Waals surface area contributed by atoms with Gasteiger partial charge in [-0.15, -0.1) is 0 Å². The van der Waals surface area contributed by atoms with E-state index in [2.05, 4.69) is 17.3 Å². The zero-order chi connectivity index (χ0) is 10.5. The van der Waals surface area contributed by atoms with Crippen LogP contribution in [-0.4, -0.2) is 50.3 Å². The van der Waals surface area contributed by atoms with Crippen LogP contribution in [0.4, 0.5) is 0 Å². The number of rotatable bonds is 4. The van der Waals surface area contributed by atoms with Crippen molar-refractivity contribution in [2.24, 2.45) is 0 Å². The van der Waals surface area contributed by atoms with E-state index in [0.717, 1.165) is 19.2 Å². The highest BCUT2D eigenvalue weighted by Gasteiger charge is 2.19. The summed E-state index contributed by atoms with van der Waals surface area (Å²) >= 11 is 0. The van der Waals surface area contributed by atoms with Gasteiger partial charge in [0.05, 0.1) is 6.10 Å². The zero-order valence-corrected chi connectivity index (χ0v) is 9.87. The van der Waals surface area contributed by atoms with E-state index in [9.17, 15) is 0 Å². The predicted molar refractivity (Wildman–Crippen MR) is 62.1 cm³/mol. The van der Waals surface area contributed by atoms with Gasteiger partial charge in [0.15, 0.2) is 0 Å². The molecule has 0 aliphatic carbocycles. The van der Waals surface area contributed by atoms with Crippen LogP contribution in [0.5, 0.6) is 0 Å². The van der Waals surface area contributed by atoms with Crippen molar-refractivity contribution in [3.05, 3.63) is 0 Å². The first kappa shape index (κ1) is 11.4. The first-order valence-corrected chi connectivity index (χ1v) is 6.38. The Balaban J connectivity index is 1.64. The summed E-state index contributed by atoms with van der Waals surface area (Å²) in [6.07, 6.45) is 7.03. The van der Waals surface area contributed by atoms with Crippen LogP contribution in [0, 0.1) is 0 Å². The minimum Gasteiger partial charge on any atom is -0.377 e. The van der Waals surface area contributed by atoms with E-state index < -0.39 is 0 Å². The maximum Gasteiger partial charge on any atom is 0.0701 e. The summed E-state index contributed by atoms with van der Waals surface area (Å²) in [6.45, 7) is 4.47. The molecule has 0 aromatic heterocycles. The Morgan fingerprint density at radius 3 is 2.80 bits per heavy atom. The summed E-state index contributed by atoms with van der Waals surface area (Å²) in [4.78, 5) is 2.43. The lowest BCUT2D eigenvalue weighted by atomic mass is 10.1. The molecule has 0 saturated carbocycles. The van der Waals surface area contributed by atoms with E-state index in [1.54, 1.807) is 0 Å². The number of nitrogens with one attached hydrogen (secondary N) is 1. The second-order valence-electron chi connectivity index (χ2n) is 5.00. The fraction of sp³-hybridized carbons (Fsp3) is 1.00. The summed E-state index contributed by atoms with van der Waals surface area (Å²) in [6, 6.07) is 0.721. The lowest BCUT2D eigenvalue weighted by Gasteiger charge is -2.28. The van der Waals surface area contributed by atoms with Crippen LogP contribution in [0.15, 0.2) is 0 Å². The van der Waals surface area contributed by atoms with E-state index in [1.807, 2.05) is 0 Å². The Labute approximate surface area is 93.2 Å². The molecule has 0 radical (unpaired) electrons. The molecule has 0 spiro atoms. The molecule has 3 heteroatoms. The molecule has 0 amide bonds. The van der Waals surface area contributed by atoms with Crippen LogP contribution in [0.2, 0.25) is 0 Å². The largest absolute Gasteiger partial charge is 0.377 e. The van der Waals surface area contributed by atoms with Crippen molar-refractivity contribution in [2.45, 2.75) is 44.2 Å². The Morgan fingerprint density at radius 1 is 1.20 bits per heavy atom. The van der Waals surface area contributed by atoms with Gasteiger partial charge in [0.25, 0.3) is 0 Å². The van der Waals surface area contributed by atoms with Crippen molar-refractivity contribution in [1.29, 1.82) is 0 Å². The van der Waals surface area contributed by atoms with Crippen LogP contribution in [0.3, 0.4) is 0 Å². The minimum atomic E-state index is 0.491. The smallest absolute Gasteiger partial charge is 0.0701 e. The van der Waals surface area contributed by atoms with Gasteiger partial charge < -0.3 is 15.0 Å². The second-order valence-corrected chi connectivity index (χ2v) is 5.00. The molecule has 15 heavy (non-hydrogen) atoms. The highest BCUT2D eigenvalue weighted by atomic mass is 16.5. The lowest BCUT2D eigenvalue weighted by molar-refractivity contribution is -0.00234. The van der Waals surface area contributed by atoms with Crippen molar-refractivity contribution < 1.29 is 4.74 Å². The molecule has 3 nitrogen and oxygen atoms in total. The standard InChI is InChI=1S/C12H24N2O/c1-14(9-11-5-4-7-13-11)10-12-6-2-3-8-15-12/h11-13H,2-10H2,1H3/t11-,12?/m1/s1. The molecule has 2 heterocycles. The molecule has 0 bridgehead atoms. The first-order valence-electron chi connectivity index (χ1n) is 6.38. The number of likely N-dealkylation sites (N-methyl/N-ethyl adjacent to an activating group) is 1. The average Bonchev–Trinajstić information content (AvgIpc) is 2.71. The summed E-state index contributed by atoms with van der Waals surface area (Å²) < 4.78 is 5.75. The van der Waals surface area contributed by atoms with Gasteiger partial charge >= 0.3 is 0 Å². The molecule has 88 valence electrons. The Kier molecular flexibility index (Phi) is 4.42. The summed E-state index contributed by atoms with van der Waals surface area (Å²) in [5.74, 6) is 0. The SMILES string of the molecule is CN(CC1CCCCO1)C[C@H]1CCCN1. The molecule has 2 aliphatic heterocycles. The molecular weight excluding hydrogens is 188 g/mol. The van der Waals surface area contributed by atoms with Crippen LogP contribution in [0.25, 0.3) is 0 Å². The third kappa shape index (κ3) is 3.74. The van der Waals surface area contributed by atoms with Crippen LogP contribution < -0.4 is 5.32 Å². The molecule has 2 rings (SSSR count). The summed E-state index contributed by atoms with van der Waals surface area (Å²) in [7, 11) is 2.22. The molecule has 0 aromatic carbocycles. The molecule has 1 N–H and O–H groups in total. The highest BCUT2D eigenvalue weighted by molar-refractivity contribution is 4.78. The third-order valence-corrected chi connectivity index (χ3v) is 3.48. The molecular formula is C12H24N2O. The third-order valence-electron chi connectivity index (χ3n) is 3.48. The number of nitrogens with zero attached hydrogens (tertiary/aromatic N) is 1. The average molecular weight is 212 g/mol. The lowest BCUT2D eigenvalue weighted by Crippen LogP contribution is -2.40. The van der Waals surface area contributed by atoms with Crippen molar-refractivity contribution in [2.75, 3.05) is 33.3 Å². The Bertz CT molecular complexity index is 174. The maximum absolute atomic E-state index is 5.75. The summed E-state index contributed by atoms with van der Waals surface area (Å²) in [5.41, 5.74) is 0. The van der Waals surface area contributed by atoms with E-state index in [0.29, 0.717) is 6.10 Å². The molecule has 2 aliphatic rings. The van der Waals surface area contributed by atoms with Crippen molar-refractivity contribution in [1.82, 2.24) is 10.2 Å². The first-order chi connectivity index (χ1) is 7.34. The van der Waals surface area contributed by atoms with Crippen LogP contribution in [0.1, 0.15) is 32.1 Å². The van der Waals surface area contributed by atoms with Gasteiger partial charge in [0, 0.05) is 25.7 Å². The normalized spacial score (nSPS) is 32.4. The molecule has 2 saturated heterocycles. The van der Waals surface area contributed by atoms with Gasteiger partial charge in [0.1, 0.15) is 0 Å². The molecule has 0 aromatic rings. The number of hydrogen-bond donors (Lipinski definition) is 1. The van der Waals surface area contributed by atoms with Crippen LogP contribution in [-0.2, 0) is 4.74 Å². The van der Waals surface area contributed by atoms with Gasteiger partial charge in [-0.25, -0.2) is 0 Å². The van der Waals surface area contributed by atoms with Crippen molar-refractivity contribution in [3.63, 3.8) is 0 Å². The van der Waals surface area contributed by atoms with Crippen LogP contribution >= 0.6 is 0 Å². The fourth-order valence-electron chi connectivity index (χ4n) is 2.66. The predicted octanol–water partition coefficient (Wildman–Crippen LogP) is 1.24. The van der Waals surface area contributed by atoms with Gasteiger partial charge in [-0.1, -0.05) is 0 Å². The maximum atomic E-state index is 5.75. The number of ether oxygens (including phenoxy) is 1. The van der Waals surface area contributed by atoms with E-state index in [-0.39, 0.29) is 0 Å². The topological polar surface area (TPSA) is 24.5 Å². The quantitative estimate of drug-likeness (QED) is 0.759. The zero-order valence-electron chi connectivity index (χ0n) is 9.87. The van der Waals surface area contributed by atoms with Crippen molar-refractivity contribution >= 4 is 0 Å². The number of hydrogen-bond acceptors (Lipinski definition) is 3. The highest BCUT2D eigenvalue weighted by Crippen LogP contribution is 2.14. The Morgan fingerprint density at radius 2 is 2.13 bits per heavy atom. The molecule has 2 fully saturated rings. The second kappa shape index (κ2) is 5.83. The fourth-order valence-corrected chi connectivity index (χ4v) is 2.66. The van der Waals surface area contributed by atoms with E-state index >= 15 is 0 Å². The molecule has 2 atom stereocenters. The minimum absolute atomic E-state index is 0.491. The van der Waals surface area contributed by atoms with E-state index in [1.165, 1.54) is 45.2 Å². The Hall–Kier alpha value is -0.120. The summed E-state index contributed by atoms with van der Waals surface area (Å²) in [5, 5.41) is 3.54. The molecule has 1 unspecified atom stereocenters. The van der Waals surface area contributed by atoms with Gasteiger partial charge in [-0.05, 0) is 45.7 Å². The van der Waals surface area contributed by atoms with Crippen molar-refractivity contribution in [3.8, 4) is 0 Å². The van der Waals surface area contributed by atoms with E-state index in [4.69, 9.17) is 4.74 Å². The van der Waals surface area contributed by atoms with Gasteiger partial charge in [-0.2, -0.15) is 0 Å².